The van der Waals surface area contributed by atoms with Crippen LogP contribution in [0.15, 0.2) is 18.3 Å². The summed E-state index contributed by atoms with van der Waals surface area (Å²) in [6.45, 7) is 1.13. The minimum Gasteiger partial charge on any atom is -0.493 e. The van der Waals surface area contributed by atoms with Crippen molar-refractivity contribution in [1.29, 1.82) is 0 Å². The predicted molar refractivity (Wildman–Crippen MR) is 109 cm³/mol. The molecular formula is C20H24IN3O2. The number of piperidine rings is 1. The van der Waals surface area contributed by atoms with Gasteiger partial charge in [-0.15, -0.1) is 0 Å². The second-order valence-corrected chi connectivity index (χ2v) is 7.79. The van der Waals surface area contributed by atoms with Crippen LogP contribution in [-0.4, -0.2) is 46.8 Å². The number of H-pyrrole nitrogens is 1. The van der Waals surface area contributed by atoms with Crippen molar-refractivity contribution in [3.05, 3.63) is 40.7 Å². The Balaban J connectivity index is 0.000000727. The maximum atomic E-state index is 6.61. The van der Waals surface area contributed by atoms with Crippen molar-refractivity contribution < 1.29 is 9.47 Å². The smallest absolute Gasteiger partial charge is 0.166 e. The lowest BCUT2D eigenvalue weighted by molar-refractivity contribution is -0.0256. The Morgan fingerprint density at radius 1 is 1.31 bits per heavy atom. The quantitative estimate of drug-likeness (QED) is 0.519. The van der Waals surface area contributed by atoms with E-state index in [-0.39, 0.29) is 11.5 Å². The Bertz CT molecular complexity index is 867. The summed E-state index contributed by atoms with van der Waals surface area (Å²) in [6.07, 6.45) is 5.39. The van der Waals surface area contributed by atoms with E-state index in [1.54, 1.807) is 7.11 Å². The van der Waals surface area contributed by atoms with E-state index in [4.69, 9.17) is 9.47 Å². The molecule has 1 fully saturated rings. The summed E-state index contributed by atoms with van der Waals surface area (Å²) in [5, 5.41) is 7.58. The first-order valence-corrected chi connectivity index (χ1v) is 11.4. The number of aromatic amines is 1. The van der Waals surface area contributed by atoms with Gasteiger partial charge >= 0.3 is 0 Å². The molecule has 3 heterocycles. The lowest BCUT2D eigenvalue weighted by Crippen LogP contribution is -2.62. The highest BCUT2D eigenvalue weighted by Gasteiger charge is 2.65. The second kappa shape index (κ2) is 5.86. The van der Waals surface area contributed by atoms with Crippen molar-refractivity contribution in [3.63, 3.8) is 0 Å². The lowest BCUT2D eigenvalue weighted by Gasteiger charge is -2.57. The van der Waals surface area contributed by atoms with Crippen LogP contribution < -0.4 is 9.47 Å². The van der Waals surface area contributed by atoms with E-state index in [9.17, 15) is 0 Å². The number of aromatic nitrogens is 2. The largest absolute Gasteiger partial charge is 0.493 e. The van der Waals surface area contributed by atoms with Gasteiger partial charge in [0, 0.05) is 17.0 Å². The molecule has 0 radical (unpaired) electrons. The number of fused-ring (bicyclic) bond motifs is 2. The molecule has 6 rings (SSSR count). The van der Waals surface area contributed by atoms with Gasteiger partial charge in [0.25, 0.3) is 0 Å². The topological polar surface area (TPSA) is 50.4 Å². The van der Waals surface area contributed by atoms with Crippen LogP contribution in [0.2, 0.25) is 0 Å². The van der Waals surface area contributed by atoms with E-state index < -0.39 is 0 Å². The van der Waals surface area contributed by atoms with E-state index >= 15 is 0 Å². The van der Waals surface area contributed by atoms with Crippen LogP contribution in [0.25, 0.3) is 0 Å². The Morgan fingerprint density at radius 2 is 2.15 bits per heavy atom. The average molecular weight is 465 g/mol. The average Bonchev–Trinajstić information content (AvgIpc) is 3.27. The van der Waals surface area contributed by atoms with Gasteiger partial charge in [-0.2, -0.15) is 5.10 Å². The number of hydrogen-bond acceptors (Lipinski definition) is 4. The summed E-state index contributed by atoms with van der Waals surface area (Å²) in [4.78, 5) is 4.53. The molecule has 1 unspecified atom stereocenters. The monoisotopic (exact) mass is 465 g/mol. The van der Waals surface area contributed by atoms with E-state index in [1.165, 1.54) is 22.4 Å². The van der Waals surface area contributed by atoms with E-state index in [0.29, 0.717) is 12.0 Å². The van der Waals surface area contributed by atoms with Crippen molar-refractivity contribution in [2.24, 2.45) is 5.92 Å². The molecular weight excluding hydrogens is 441 g/mol. The second-order valence-electron chi connectivity index (χ2n) is 7.79. The zero-order chi connectivity index (χ0) is 18.1. The number of halogens is 1. The molecule has 1 spiro atoms. The van der Waals surface area contributed by atoms with Crippen molar-refractivity contribution >= 4 is 22.6 Å². The van der Waals surface area contributed by atoms with Gasteiger partial charge in [-0.05, 0) is 60.9 Å². The number of likely N-dealkylation sites (N-methyl/N-ethyl adjacent to an activating group) is 1. The number of alkyl halides is 1. The third kappa shape index (κ3) is 1.87. The highest BCUT2D eigenvalue weighted by molar-refractivity contribution is 14.1. The predicted octanol–water partition coefficient (Wildman–Crippen LogP) is 3.27. The normalized spacial score (nSPS) is 32.7. The third-order valence-electron chi connectivity index (χ3n) is 7.05. The number of methoxy groups -OCH3 is 1. The molecule has 2 aromatic rings. The summed E-state index contributed by atoms with van der Waals surface area (Å²) >= 11 is 2.15. The van der Waals surface area contributed by atoms with E-state index in [0.717, 1.165) is 37.3 Å². The van der Waals surface area contributed by atoms with Crippen LogP contribution in [0.5, 0.6) is 11.5 Å². The number of hydrogen-bond donors (Lipinski definition) is 1. The Labute approximate surface area is 167 Å². The summed E-state index contributed by atoms with van der Waals surface area (Å²) in [6, 6.07) is 4.92. The van der Waals surface area contributed by atoms with Gasteiger partial charge in [0.1, 0.15) is 0 Å². The van der Waals surface area contributed by atoms with Gasteiger partial charge in [0.2, 0.25) is 0 Å². The van der Waals surface area contributed by atoms with Crippen LogP contribution in [-0.2, 0) is 18.3 Å². The van der Waals surface area contributed by atoms with Crippen LogP contribution in [0.1, 0.15) is 34.9 Å². The molecule has 1 aromatic carbocycles. The van der Waals surface area contributed by atoms with Gasteiger partial charge in [-0.1, -0.05) is 28.7 Å². The SMILES string of the molecule is CI.COc1ccc2c3c1OC1c4[nH]ncc4C[C@H]4[C@@H](C2)N(C)CC[C@]314. The fraction of sp³-hybridized carbons (Fsp3) is 0.550. The van der Waals surface area contributed by atoms with Crippen molar-refractivity contribution in [2.75, 3.05) is 25.6 Å². The van der Waals surface area contributed by atoms with Gasteiger partial charge in [-0.25, -0.2) is 0 Å². The van der Waals surface area contributed by atoms with Gasteiger partial charge < -0.3 is 14.4 Å². The maximum absolute atomic E-state index is 6.61. The number of nitrogens with one attached hydrogen (secondary N) is 1. The first kappa shape index (κ1) is 16.9. The van der Waals surface area contributed by atoms with Crippen LogP contribution in [0, 0.1) is 5.92 Å². The minimum atomic E-state index is 0.0512. The van der Waals surface area contributed by atoms with Crippen molar-refractivity contribution in [3.8, 4) is 11.5 Å². The highest BCUT2D eigenvalue weighted by Crippen LogP contribution is 2.66. The van der Waals surface area contributed by atoms with Crippen molar-refractivity contribution in [2.45, 2.75) is 36.8 Å². The summed E-state index contributed by atoms with van der Waals surface area (Å²) in [5.41, 5.74) is 5.47. The Hall–Kier alpha value is -1.28. The third-order valence-corrected chi connectivity index (χ3v) is 7.05. The fourth-order valence-electron chi connectivity index (χ4n) is 6.02. The summed E-state index contributed by atoms with van der Waals surface area (Å²) < 4.78 is 12.2. The molecule has 4 aliphatic rings. The van der Waals surface area contributed by atoms with Crippen LogP contribution in [0.3, 0.4) is 0 Å². The molecule has 1 N–H and O–H groups in total. The molecule has 26 heavy (non-hydrogen) atoms. The first-order valence-electron chi connectivity index (χ1n) is 9.21. The molecule has 0 amide bonds. The number of rotatable bonds is 1. The molecule has 2 aliphatic carbocycles. The highest BCUT2D eigenvalue weighted by atomic mass is 127. The van der Waals surface area contributed by atoms with Crippen LogP contribution >= 0.6 is 22.6 Å². The Morgan fingerprint density at radius 3 is 2.96 bits per heavy atom. The fourth-order valence-corrected chi connectivity index (χ4v) is 6.02. The molecule has 1 saturated heterocycles. The molecule has 2 aliphatic heterocycles. The van der Waals surface area contributed by atoms with Crippen LogP contribution in [0.4, 0.5) is 0 Å². The number of benzene rings is 1. The summed E-state index contributed by atoms with van der Waals surface area (Å²) in [5.74, 6) is 2.44. The standard InChI is InChI=1S/C19H21N3O2.CH3I/c1-22-6-5-19-12-7-11-9-20-21-16(11)18(19)24-17-14(23-2)4-3-10(15(17)19)8-13(12)22;1-2/h3-4,9,12-13,18H,5-8H2,1-2H3,(H,20,21);1H3/t12-,13+,18?,19-;/m0./s1. The first-order chi connectivity index (χ1) is 12.7. The van der Waals surface area contributed by atoms with Gasteiger partial charge in [0.05, 0.1) is 19.0 Å². The number of likely N-dealkylation sites (tertiary alicyclic amines) is 1. The van der Waals surface area contributed by atoms with E-state index in [1.807, 2.05) is 11.1 Å². The molecule has 5 nitrogen and oxygen atoms in total. The zero-order valence-corrected chi connectivity index (χ0v) is 17.5. The van der Waals surface area contributed by atoms with Gasteiger partial charge in [-0.3, -0.25) is 5.10 Å². The Kier molecular flexibility index (Phi) is 3.80. The van der Waals surface area contributed by atoms with Gasteiger partial charge in [0.15, 0.2) is 17.6 Å². The molecule has 138 valence electrons. The minimum absolute atomic E-state index is 0.0512. The molecule has 1 aromatic heterocycles. The lowest BCUT2D eigenvalue weighted by atomic mass is 9.52. The van der Waals surface area contributed by atoms with E-state index in [2.05, 4.69) is 56.9 Å². The molecule has 2 bridgehead atoms. The molecule has 4 atom stereocenters. The maximum Gasteiger partial charge on any atom is 0.166 e. The molecule has 0 saturated carbocycles. The number of nitrogens with zero attached hydrogens (tertiary/aromatic N) is 2. The zero-order valence-electron chi connectivity index (χ0n) is 15.4. The number of ether oxygens (including phenoxy) is 2. The summed E-state index contributed by atoms with van der Waals surface area (Å²) in [7, 11) is 4.02. The van der Waals surface area contributed by atoms with Crippen molar-refractivity contribution in [1.82, 2.24) is 15.1 Å². The molecule has 6 heteroatoms.